The molecule has 5 rings (SSSR count). The maximum absolute atomic E-state index is 13.2. The molecule has 1 aromatic carbocycles. The van der Waals surface area contributed by atoms with E-state index < -0.39 is 0 Å². The van der Waals surface area contributed by atoms with Crippen molar-refractivity contribution in [3.05, 3.63) is 51.6 Å². The highest BCUT2D eigenvalue weighted by Gasteiger charge is 2.33. The molecule has 2 atom stereocenters. The summed E-state index contributed by atoms with van der Waals surface area (Å²) < 4.78 is 7.84. The minimum Gasteiger partial charge on any atom is -0.376 e. The van der Waals surface area contributed by atoms with Crippen molar-refractivity contribution in [3.8, 4) is 0 Å². The zero-order chi connectivity index (χ0) is 24.2. The molecule has 188 valence electrons. The highest BCUT2D eigenvalue weighted by Crippen LogP contribution is 2.34. The van der Waals surface area contributed by atoms with E-state index in [-0.39, 0.29) is 17.7 Å². The summed E-state index contributed by atoms with van der Waals surface area (Å²) in [5, 5.41) is 14.1. The molecule has 0 spiro atoms. The van der Waals surface area contributed by atoms with Crippen LogP contribution >= 0.6 is 0 Å². The van der Waals surface area contributed by atoms with Gasteiger partial charge in [-0.2, -0.15) is 0 Å². The minimum atomic E-state index is -0.00175. The number of pyridine rings is 1. The first-order chi connectivity index (χ1) is 17.1. The molecule has 1 aliphatic carbocycles. The number of aromatic nitrogens is 5. The van der Waals surface area contributed by atoms with Gasteiger partial charge in [-0.3, -0.25) is 9.69 Å². The lowest BCUT2D eigenvalue weighted by Crippen LogP contribution is -2.41. The van der Waals surface area contributed by atoms with Gasteiger partial charge in [-0.15, -0.1) is 5.10 Å². The van der Waals surface area contributed by atoms with Gasteiger partial charge >= 0.3 is 0 Å². The van der Waals surface area contributed by atoms with Gasteiger partial charge in [0, 0.05) is 30.3 Å². The number of benzene rings is 1. The molecule has 2 fully saturated rings. The van der Waals surface area contributed by atoms with Gasteiger partial charge in [-0.05, 0) is 72.5 Å². The van der Waals surface area contributed by atoms with Gasteiger partial charge in [0.05, 0.1) is 18.7 Å². The van der Waals surface area contributed by atoms with Crippen LogP contribution < -0.4 is 5.56 Å². The van der Waals surface area contributed by atoms with Gasteiger partial charge in [0.1, 0.15) is 0 Å². The van der Waals surface area contributed by atoms with Crippen LogP contribution in [0.3, 0.4) is 0 Å². The summed E-state index contributed by atoms with van der Waals surface area (Å²) in [6, 6.07) is 8.79. The van der Waals surface area contributed by atoms with Gasteiger partial charge in [0.25, 0.3) is 5.56 Å². The molecule has 35 heavy (non-hydrogen) atoms. The van der Waals surface area contributed by atoms with E-state index in [1.807, 2.05) is 17.7 Å². The molecule has 2 aliphatic rings. The molecule has 0 radical (unpaired) electrons. The summed E-state index contributed by atoms with van der Waals surface area (Å²) in [5.74, 6) is 0.903. The van der Waals surface area contributed by atoms with Crippen LogP contribution in [-0.2, 0) is 17.8 Å². The average Bonchev–Trinajstić information content (AvgIpc) is 3.55. The lowest BCUT2D eigenvalue weighted by molar-refractivity contribution is 0.0713. The van der Waals surface area contributed by atoms with Crippen LogP contribution in [0.4, 0.5) is 0 Å². The zero-order valence-corrected chi connectivity index (χ0v) is 21.1. The molecule has 1 saturated carbocycles. The Morgan fingerprint density at radius 1 is 1.17 bits per heavy atom. The van der Waals surface area contributed by atoms with E-state index in [4.69, 9.17) is 4.74 Å². The smallest absolute Gasteiger partial charge is 0.252 e. The standard InChI is InChI=1S/C27H38N6O2/c1-3-8-25(26-29-30-31-33(26)18-23-11-7-14-35-23)32(22-9-5-4-6-10-22)17-21-16-20-13-12-19(2)15-24(20)28-27(21)34/h12-13,15-16,22-23,25H,3-11,14,17-18H2,1-2H3,(H,28,34)/t23-,25-/m0/s1. The maximum Gasteiger partial charge on any atom is 0.252 e. The van der Waals surface area contributed by atoms with E-state index in [0.717, 1.165) is 73.0 Å². The Kier molecular flexibility index (Phi) is 7.58. The van der Waals surface area contributed by atoms with Crippen molar-refractivity contribution < 1.29 is 4.74 Å². The van der Waals surface area contributed by atoms with Crippen LogP contribution in [-0.4, -0.2) is 48.8 Å². The Hall–Kier alpha value is -2.58. The highest BCUT2D eigenvalue weighted by molar-refractivity contribution is 5.79. The predicted octanol–water partition coefficient (Wildman–Crippen LogP) is 4.68. The Bertz CT molecular complexity index is 1180. The maximum atomic E-state index is 13.2. The molecule has 8 heteroatoms. The third kappa shape index (κ3) is 5.48. The topological polar surface area (TPSA) is 88.9 Å². The largest absolute Gasteiger partial charge is 0.376 e. The van der Waals surface area contributed by atoms with Crippen molar-refractivity contribution in [2.75, 3.05) is 6.61 Å². The van der Waals surface area contributed by atoms with Gasteiger partial charge in [-0.25, -0.2) is 4.68 Å². The second kappa shape index (κ2) is 11.0. The van der Waals surface area contributed by atoms with Crippen molar-refractivity contribution in [1.82, 2.24) is 30.1 Å². The second-order valence-corrected chi connectivity index (χ2v) is 10.3. The Balaban J connectivity index is 1.50. The summed E-state index contributed by atoms with van der Waals surface area (Å²) in [7, 11) is 0. The monoisotopic (exact) mass is 478 g/mol. The summed E-state index contributed by atoms with van der Waals surface area (Å²) in [6.07, 6.45) is 10.3. The molecule has 0 bridgehead atoms. The molecule has 8 nitrogen and oxygen atoms in total. The van der Waals surface area contributed by atoms with E-state index in [2.05, 4.69) is 50.5 Å². The number of fused-ring (bicyclic) bond motifs is 1. The summed E-state index contributed by atoms with van der Waals surface area (Å²) >= 11 is 0. The minimum absolute atomic E-state index is 0.00175. The fourth-order valence-corrected chi connectivity index (χ4v) is 5.86. The van der Waals surface area contributed by atoms with Crippen LogP contribution in [0, 0.1) is 6.92 Å². The lowest BCUT2D eigenvalue weighted by atomic mass is 9.91. The van der Waals surface area contributed by atoms with Crippen molar-refractivity contribution >= 4 is 10.9 Å². The quantitative estimate of drug-likeness (QED) is 0.480. The van der Waals surface area contributed by atoms with E-state index in [1.54, 1.807) is 0 Å². The first-order valence-electron chi connectivity index (χ1n) is 13.4. The third-order valence-electron chi connectivity index (χ3n) is 7.70. The number of aryl methyl sites for hydroxylation is 1. The Labute approximate surface area is 207 Å². The molecular weight excluding hydrogens is 440 g/mol. The zero-order valence-electron chi connectivity index (χ0n) is 21.1. The Morgan fingerprint density at radius 2 is 2.03 bits per heavy atom. The van der Waals surface area contributed by atoms with E-state index in [1.165, 1.54) is 19.3 Å². The lowest BCUT2D eigenvalue weighted by Gasteiger charge is -2.39. The first kappa shape index (κ1) is 24.1. The normalized spacial score (nSPS) is 20.1. The summed E-state index contributed by atoms with van der Waals surface area (Å²) in [5.41, 5.74) is 2.85. The number of nitrogens with zero attached hydrogens (tertiary/aromatic N) is 5. The van der Waals surface area contributed by atoms with Crippen molar-refractivity contribution in [3.63, 3.8) is 0 Å². The molecular formula is C27H38N6O2. The molecule has 1 saturated heterocycles. The van der Waals surface area contributed by atoms with E-state index in [0.29, 0.717) is 19.1 Å². The molecule has 0 amide bonds. The number of ether oxygens (including phenoxy) is 1. The molecule has 3 aromatic rings. The van der Waals surface area contributed by atoms with E-state index >= 15 is 0 Å². The number of aromatic amines is 1. The van der Waals surface area contributed by atoms with Crippen LogP contribution in [0.2, 0.25) is 0 Å². The number of rotatable bonds is 9. The molecule has 3 heterocycles. The summed E-state index contributed by atoms with van der Waals surface area (Å²) in [4.78, 5) is 18.8. The van der Waals surface area contributed by atoms with Crippen LogP contribution in [0.1, 0.15) is 87.7 Å². The van der Waals surface area contributed by atoms with E-state index in [9.17, 15) is 4.79 Å². The number of H-pyrrole nitrogens is 1. The number of hydrogen-bond acceptors (Lipinski definition) is 6. The summed E-state index contributed by atoms with van der Waals surface area (Å²) in [6.45, 7) is 6.37. The Morgan fingerprint density at radius 3 is 2.80 bits per heavy atom. The number of hydrogen-bond donors (Lipinski definition) is 1. The number of nitrogens with one attached hydrogen (secondary N) is 1. The molecule has 1 N–H and O–H groups in total. The average molecular weight is 479 g/mol. The van der Waals surface area contributed by atoms with Crippen LogP contribution in [0.25, 0.3) is 10.9 Å². The van der Waals surface area contributed by atoms with Crippen LogP contribution in [0.15, 0.2) is 29.1 Å². The molecule has 0 unspecified atom stereocenters. The van der Waals surface area contributed by atoms with Crippen LogP contribution in [0.5, 0.6) is 0 Å². The first-order valence-corrected chi connectivity index (χ1v) is 13.4. The third-order valence-corrected chi connectivity index (χ3v) is 7.70. The van der Waals surface area contributed by atoms with Gasteiger partial charge in [0.2, 0.25) is 0 Å². The molecule has 2 aromatic heterocycles. The van der Waals surface area contributed by atoms with Crippen molar-refractivity contribution in [2.45, 2.75) is 103 Å². The number of tetrazole rings is 1. The highest BCUT2D eigenvalue weighted by atomic mass is 16.5. The van der Waals surface area contributed by atoms with Gasteiger partial charge in [0.15, 0.2) is 5.82 Å². The van der Waals surface area contributed by atoms with Crippen molar-refractivity contribution in [2.24, 2.45) is 0 Å². The SMILES string of the molecule is CCC[C@@H](c1nnnn1C[C@@H]1CCCO1)N(Cc1cc2ccc(C)cc2[nH]c1=O)C1CCCCC1. The van der Waals surface area contributed by atoms with Gasteiger partial charge in [-0.1, -0.05) is 44.7 Å². The predicted molar refractivity (Wildman–Crippen MR) is 136 cm³/mol. The fraction of sp³-hybridized carbons (Fsp3) is 0.630. The fourth-order valence-electron chi connectivity index (χ4n) is 5.86. The molecule has 1 aliphatic heterocycles. The van der Waals surface area contributed by atoms with Gasteiger partial charge < -0.3 is 9.72 Å². The second-order valence-electron chi connectivity index (χ2n) is 10.3. The van der Waals surface area contributed by atoms with Crippen molar-refractivity contribution in [1.29, 1.82) is 0 Å².